The zero-order valence-corrected chi connectivity index (χ0v) is 23.2. The molecule has 160 valence electrons. The van der Waals surface area contributed by atoms with E-state index in [0.29, 0.717) is 0 Å². The van der Waals surface area contributed by atoms with Crippen molar-refractivity contribution >= 4 is 45.5 Å². The molecule has 0 atom stereocenters. The van der Waals surface area contributed by atoms with Gasteiger partial charge < -0.3 is 10.6 Å². The van der Waals surface area contributed by atoms with E-state index in [1.165, 1.54) is 103 Å². The van der Waals surface area contributed by atoms with E-state index in [4.69, 9.17) is 0 Å². The molecule has 0 unspecified atom stereocenters. The normalized spacial score (nSPS) is 10.2. The Morgan fingerprint density at radius 2 is 0.556 bits per heavy atom. The molecule has 0 aromatic carbocycles. The van der Waals surface area contributed by atoms with Crippen LogP contribution in [-0.2, 0) is 0 Å². The molecule has 3 heteroatoms. The maximum atomic E-state index is 4.51. The van der Waals surface area contributed by atoms with Crippen LogP contribution in [0.5, 0.6) is 0 Å². The van der Waals surface area contributed by atoms with Crippen LogP contribution in [0, 0.1) is 0 Å². The quantitative estimate of drug-likeness (QED) is 0.130. The van der Waals surface area contributed by atoms with Gasteiger partial charge in [0.15, 0.2) is 0 Å². The summed E-state index contributed by atoms with van der Waals surface area (Å²) in [6, 6.07) is 0. The summed E-state index contributed by atoms with van der Waals surface area (Å²) in [5.41, 5.74) is 0. The van der Waals surface area contributed by atoms with Gasteiger partial charge >= 0.3 is 45.5 Å². The largest absolute Gasteiger partial charge is 2.00 e. The molecule has 0 radical (unpaired) electrons. The third-order valence-corrected chi connectivity index (χ3v) is 4.68. The molecule has 0 aliphatic rings. The van der Waals surface area contributed by atoms with Gasteiger partial charge in [0, 0.05) is 0 Å². The first-order valence-electron chi connectivity index (χ1n) is 12.1. The Labute approximate surface area is 211 Å². The molecule has 27 heavy (non-hydrogen) atoms. The zero-order valence-electron chi connectivity index (χ0n) is 19.7. The third kappa shape index (κ3) is 38.6. The Hall–Kier alpha value is 1.40. The van der Waals surface area contributed by atoms with Gasteiger partial charge in [-0.05, 0) is 0 Å². The minimum absolute atomic E-state index is 0. The van der Waals surface area contributed by atoms with Crippen molar-refractivity contribution in [1.82, 2.24) is 0 Å². The van der Waals surface area contributed by atoms with Gasteiger partial charge in [-0.1, -0.05) is 130 Å². The van der Waals surface area contributed by atoms with Crippen LogP contribution >= 0.6 is 0 Å². The van der Waals surface area contributed by atoms with E-state index in [9.17, 15) is 0 Å². The van der Waals surface area contributed by atoms with Crippen molar-refractivity contribution in [1.29, 1.82) is 0 Å². The van der Waals surface area contributed by atoms with Crippen LogP contribution in [0.4, 0.5) is 0 Å². The Morgan fingerprint density at radius 3 is 0.741 bits per heavy atom. The van der Waals surface area contributed by atoms with Gasteiger partial charge in [-0.25, -0.2) is 0 Å². The fraction of sp³-hybridized carbons (Fsp3) is 1.00. The predicted octanol–water partition coefficient (Wildman–Crippen LogP) is 8.66. The number of hydrogen-bond acceptors (Lipinski definition) is 0. The predicted molar refractivity (Wildman–Crippen MR) is 129 cm³/mol. The van der Waals surface area contributed by atoms with E-state index >= 15 is 0 Å². The minimum Gasteiger partial charge on any atom is -0.662 e. The summed E-state index contributed by atoms with van der Waals surface area (Å²) in [6.07, 6.45) is 21.5. The molecule has 0 N–H and O–H groups in total. The number of nitrogens with zero attached hydrogens (tertiary/aromatic N) is 2. The monoisotopic (exact) mass is 456 g/mol. The van der Waals surface area contributed by atoms with E-state index < -0.39 is 0 Å². The maximum absolute atomic E-state index is 4.51. The van der Waals surface area contributed by atoms with Gasteiger partial charge in [0.05, 0.1) is 0 Å². The molecular weight excluding hydrogens is 404 g/mol. The molecule has 0 aromatic rings. The molecular formula is C24H52N2Sr. The SMILES string of the molecule is CCCCCC[N-]CCCCCC.CCCCCC[N-]CCCCCC.[Sr+2]. The Bertz CT molecular complexity index is 171. The molecule has 0 bridgehead atoms. The number of unbranched alkanes of at least 4 members (excludes halogenated alkanes) is 12. The average molecular weight is 456 g/mol. The summed E-state index contributed by atoms with van der Waals surface area (Å²) in [5.74, 6) is 0. The van der Waals surface area contributed by atoms with Crippen molar-refractivity contribution in [2.45, 2.75) is 130 Å². The molecule has 0 rings (SSSR count). The van der Waals surface area contributed by atoms with Crippen molar-refractivity contribution in [3.05, 3.63) is 10.6 Å². The van der Waals surface area contributed by atoms with Gasteiger partial charge in [0.25, 0.3) is 0 Å². The third-order valence-electron chi connectivity index (χ3n) is 4.68. The average Bonchev–Trinajstić information content (AvgIpc) is 2.66. The summed E-state index contributed by atoms with van der Waals surface area (Å²) < 4.78 is 0. The first-order chi connectivity index (χ1) is 12.8. The van der Waals surface area contributed by atoms with Crippen molar-refractivity contribution < 1.29 is 0 Å². The summed E-state index contributed by atoms with van der Waals surface area (Å²) in [4.78, 5) is 0. The fourth-order valence-electron chi connectivity index (χ4n) is 2.83. The van der Waals surface area contributed by atoms with Gasteiger partial charge in [-0.3, -0.25) is 0 Å². The molecule has 0 aliphatic heterocycles. The standard InChI is InChI=1S/2C12H26N.Sr/c2*1-3-5-7-9-11-13-12-10-8-6-4-2;/h2*3-12H2,1-2H3;/q2*-1;+2. The second-order valence-corrected chi connectivity index (χ2v) is 7.58. The fourth-order valence-corrected chi connectivity index (χ4v) is 2.83. The second kappa shape index (κ2) is 34.9. The summed E-state index contributed by atoms with van der Waals surface area (Å²) in [6.45, 7) is 13.4. The molecule has 0 amide bonds. The first-order valence-corrected chi connectivity index (χ1v) is 12.1. The van der Waals surface area contributed by atoms with Crippen LogP contribution in [0.1, 0.15) is 130 Å². The summed E-state index contributed by atoms with van der Waals surface area (Å²) in [7, 11) is 0. The summed E-state index contributed by atoms with van der Waals surface area (Å²) in [5, 5.41) is 9.03. The van der Waals surface area contributed by atoms with Crippen molar-refractivity contribution in [3.8, 4) is 0 Å². The van der Waals surface area contributed by atoms with E-state index in [1.54, 1.807) is 0 Å². The second-order valence-electron chi connectivity index (χ2n) is 7.58. The Kier molecular flexibility index (Phi) is 42.7. The van der Waals surface area contributed by atoms with Crippen molar-refractivity contribution in [3.63, 3.8) is 0 Å². The molecule has 0 aromatic heterocycles. The summed E-state index contributed by atoms with van der Waals surface area (Å²) >= 11 is 0. The van der Waals surface area contributed by atoms with E-state index in [-0.39, 0.29) is 45.5 Å². The maximum Gasteiger partial charge on any atom is 2.00 e. The van der Waals surface area contributed by atoms with Crippen molar-refractivity contribution in [2.24, 2.45) is 0 Å². The first kappa shape index (κ1) is 33.0. The van der Waals surface area contributed by atoms with E-state index in [0.717, 1.165) is 26.2 Å². The molecule has 0 saturated heterocycles. The minimum atomic E-state index is 0. The topological polar surface area (TPSA) is 28.2 Å². The van der Waals surface area contributed by atoms with E-state index in [2.05, 4.69) is 38.3 Å². The van der Waals surface area contributed by atoms with Crippen LogP contribution in [0.3, 0.4) is 0 Å². The van der Waals surface area contributed by atoms with Gasteiger partial charge in [-0.2, -0.15) is 0 Å². The molecule has 2 nitrogen and oxygen atoms in total. The van der Waals surface area contributed by atoms with Crippen LogP contribution in [0.2, 0.25) is 0 Å². The number of hydrogen-bond donors (Lipinski definition) is 0. The molecule has 0 aliphatic carbocycles. The van der Waals surface area contributed by atoms with Crippen LogP contribution in [0.15, 0.2) is 0 Å². The Morgan fingerprint density at radius 1 is 0.333 bits per heavy atom. The molecule has 0 heterocycles. The molecule has 0 fully saturated rings. The van der Waals surface area contributed by atoms with Gasteiger partial charge in [-0.15, -0.1) is 26.2 Å². The van der Waals surface area contributed by atoms with Gasteiger partial charge in [0.1, 0.15) is 0 Å². The van der Waals surface area contributed by atoms with Crippen LogP contribution < -0.4 is 0 Å². The van der Waals surface area contributed by atoms with Crippen LogP contribution in [0.25, 0.3) is 10.6 Å². The van der Waals surface area contributed by atoms with E-state index in [1.807, 2.05) is 0 Å². The van der Waals surface area contributed by atoms with Crippen LogP contribution in [-0.4, -0.2) is 71.7 Å². The molecule has 0 spiro atoms. The van der Waals surface area contributed by atoms with Crippen molar-refractivity contribution in [2.75, 3.05) is 26.2 Å². The molecule has 0 saturated carbocycles. The van der Waals surface area contributed by atoms with Gasteiger partial charge in [0.2, 0.25) is 0 Å². The smallest absolute Gasteiger partial charge is 0.662 e. The number of rotatable bonds is 20. The Balaban J connectivity index is -0.000000411. The zero-order chi connectivity index (χ0) is 19.6.